The lowest BCUT2D eigenvalue weighted by Crippen LogP contribution is -2.42. The number of aromatic nitrogens is 1. The third-order valence-electron chi connectivity index (χ3n) is 7.07. The summed E-state index contributed by atoms with van der Waals surface area (Å²) in [6.07, 6.45) is 3.01. The maximum Gasteiger partial charge on any atom is 0.308 e. The van der Waals surface area contributed by atoms with Crippen LogP contribution in [0.3, 0.4) is 0 Å². The molecule has 1 fully saturated rings. The smallest absolute Gasteiger partial charge is 0.308 e. The number of halogens is 1. The molecule has 0 saturated heterocycles. The van der Waals surface area contributed by atoms with Gasteiger partial charge in [0.05, 0.1) is 11.2 Å². The molecule has 1 aromatic heterocycles. The molecule has 7 nitrogen and oxygen atoms in total. The van der Waals surface area contributed by atoms with Crippen LogP contribution in [0, 0.1) is 11.7 Å². The molecule has 3 aromatic carbocycles. The molecule has 39 heavy (non-hydrogen) atoms. The number of hydrogen-bond donors (Lipinski definition) is 0. The molecule has 4 aromatic rings. The Morgan fingerprint density at radius 3 is 2.64 bits per heavy atom. The first-order valence-corrected chi connectivity index (χ1v) is 12.7. The van der Waals surface area contributed by atoms with E-state index in [0.717, 1.165) is 29.4 Å². The van der Waals surface area contributed by atoms with Crippen molar-refractivity contribution in [2.75, 3.05) is 0 Å². The van der Waals surface area contributed by atoms with Crippen LogP contribution in [0.1, 0.15) is 49.1 Å². The minimum atomic E-state index is -0.515. The van der Waals surface area contributed by atoms with Crippen molar-refractivity contribution in [1.29, 1.82) is 0 Å². The Labute approximate surface area is 225 Å². The van der Waals surface area contributed by atoms with Crippen LogP contribution < -0.4 is 4.74 Å². The quantitative estimate of drug-likeness (QED) is 0.0774. The zero-order valence-electron chi connectivity index (χ0n) is 21.7. The number of pyridine rings is 1. The largest absolute Gasteiger partial charge is 0.487 e. The summed E-state index contributed by atoms with van der Waals surface area (Å²) in [6, 6.07) is 23.9. The molecule has 0 radical (unpaired) electrons. The fourth-order valence-electron chi connectivity index (χ4n) is 5.48. The van der Waals surface area contributed by atoms with Gasteiger partial charge in [0, 0.05) is 34.4 Å². The van der Waals surface area contributed by atoms with E-state index in [2.05, 4.69) is 34.1 Å². The van der Waals surface area contributed by atoms with Crippen LogP contribution in [0.2, 0.25) is 0 Å². The van der Waals surface area contributed by atoms with Gasteiger partial charge < -0.3 is 9.47 Å². The van der Waals surface area contributed by atoms with Crippen LogP contribution in [-0.4, -0.2) is 11.0 Å². The number of rotatable bonds is 8. The van der Waals surface area contributed by atoms with Crippen LogP contribution >= 0.6 is 0 Å². The first-order valence-electron chi connectivity index (χ1n) is 12.7. The average molecular weight is 523 g/mol. The molecule has 0 amide bonds. The zero-order chi connectivity index (χ0) is 27.4. The van der Waals surface area contributed by atoms with Crippen molar-refractivity contribution in [3.63, 3.8) is 0 Å². The average Bonchev–Trinajstić information content (AvgIpc) is 2.92. The lowest BCUT2D eigenvalue weighted by Gasteiger charge is -2.48. The number of azide groups is 1. The van der Waals surface area contributed by atoms with E-state index in [-0.39, 0.29) is 23.6 Å². The van der Waals surface area contributed by atoms with Gasteiger partial charge in [-0.1, -0.05) is 48.4 Å². The van der Waals surface area contributed by atoms with Crippen LogP contribution in [0.25, 0.3) is 27.1 Å². The molecule has 0 aliphatic heterocycles. The first kappa shape index (κ1) is 25.9. The number of carbonyl (C=O) groups is 1. The Morgan fingerprint density at radius 1 is 1.13 bits per heavy atom. The molecule has 0 N–H and O–H groups in total. The van der Waals surface area contributed by atoms with Crippen molar-refractivity contribution in [2.45, 2.75) is 38.7 Å². The van der Waals surface area contributed by atoms with E-state index < -0.39 is 5.97 Å². The topological polar surface area (TPSA) is 97.2 Å². The van der Waals surface area contributed by atoms with Crippen molar-refractivity contribution in [1.82, 2.24) is 4.98 Å². The summed E-state index contributed by atoms with van der Waals surface area (Å²) < 4.78 is 25.2. The fourth-order valence-corrected chi connectivity index (χ4v) is 5.48. The number of nitrogens with zero attached hydrogens (tertiary/aromatic N) is 4. The second-order valence-corrected chi connectivity index (χ2v) is 9.89. The van der Waals surface area contributed by atoms with E-state index >= 15 is 0 Å². The number of fused-ring (bicyclic) bond motifs is 1. The monoisotopic (exact) mass is 522 g/mol. The molecule has 1 heterocycles. The molecule has 0 spiro atoms. The van der Waals surface area contributed by atoms with E-state index in [9.17, 15) is 9.18 Å². The minimum Gasteiger partial charge on any atom is -0.487 e. The highest BCUT2D eigenvalue weighted by atomic mass is 19.1. The van der Waals surface area contributed by atoms with Gasteiger partial charge in [-0.15, -0.1) is 0 Å². The molecule has 5 rings (SSSR count). The summed E-state index contributed by atoms with van der Waals surface area (Å²) in [4.78, 5) is 19.4. The fraction of sp³-hybridized carbons (Fsp3) is 0.226. The summed E-state index contributed by atoms with van der Waals surface area (Å²) in [5, 5.41) is 4.28. The number of hydrogen-bond acceptors (Lipinski definition) is 5. The van der Waals surface area contributed by atoms with Gasteiger partial charge >= 0.3 is 5.97 Å². The minimum absolute atomic E-state index is 0.181. The summed E-state index contributed by atoms with van der Waals surface area (Å²) >= 11 is 0. The molecule has 0 bridgehead atoms. The summed E-state index contributed by atoms with van der Waals surface area (Å²) in [5.74, 6) is 0.475. The summed E-state index contributed by atoms with van der Waals surface area (Å²) in [5.41, 5.74) is 12.7. The molecule has 1 aliphatic carbocycles. The molecule has 8 heteroatoms. The highest BCUT2D eigenvalue weighted by molar-refractivity contribution is 5.79. The van der Waals surface area contributed by atoms with Gasteiger partial charge in [-0.2, -0.15) is 0 Å². The predicted octanol–water partition coefficient (Wildman–Crippen LogP) is 7.84. The van der Waals surface area contributed by atoms with Crippen LogP contribution in [-0.2, 0) is 21.6 Å². The first-order chi connectivity index (χ1) is 18.9. The van der Waals surface area contributed by atoms with Gasteiger partial charge in [-0.3, -0.25) is 4.79 Å². The second-order valence-electron chi connectivity index (χ2n) is 9.89. The maximum absolute atomic E-state index is 13.5. The SMILES string of the molecule is CC(=O)O/C(=C\N=[N+]=[N-])c1ccc(OCc2ccc3cc(F)ccc3n2)cc1C1(c2ccccc2)CC(C)C1. The van der Waals surface area contributed by atoms with E-state index in [0.29, 0.717) is 28.4 Å². The lowest BCUT2D eigenvalue weighted by atomic mass is 9.55. The molecule has 1 saturated carbocycles. The van der Waals surface area contributed by atoms with Gasteiger partial charge in [0.25, 0.3) is 0 Å². The van der Waals surface area contributed by atoms with E-state index in [1.54, 1.807) is 12.1 Å². The maximum atomic E-state index is 13.5. The van der Waals surface area contributed by atoms with Crippen LogP contribution in [0.15, 0.2) is 90.2 Å². The third kappa shape index (κ3) is 5.47. The van der Waals surface area contributed by atoms with E-state index in [1.165, 1.54) is 25.3 Å². The summed E-state index contributed by atoms with van der Waals surface area (Å²) in [6.45, 7) is 3.73. The Kier molecular flexibility index (Phi) is 7.30. The predicted molar refractivity (Wildman–Crippen MR) is 147 cm³/mol. The van der Waals surface area contributed by atoms with E-state index in [4.69, 9.17) is 15.0 Å². The Morgan fingerprint density at radius 2 is 1.92 bits per heavy atom. The number of ether oxygens (including phenoxy) is 2. The molecular weight excluding hydrogens is 495 g/mol. The summed E-state index contributed by atoms with van der Waals surface area (Å²) in [7, 11) is 0. The van der Waals surface area contributed by atoms with Crippen molar-refractivity contribution < 1.29 is 18.7 Å². The van der Waals surface area contributed by atoms with Gasteiger partial charge in [0.15, 0.2) is 0 Å². The third-order valence-corrected chi connectivity index (χ3v) is 7.07. The molecular formula is C31H27FN4O3. The van der Waals surface area contributed by atoms with Gasteiger partial charge in [0.1, 0.15) is 23.9 Å². The molecule has 1 aliphatic rings. The number of esters is 1. The van der Waals surface area contributed by atoms with Gasteiger partial charge in [0.2, 0.25) is 0 Å². The zero-order valence-corrected chi connectivity index (χ0v) is 21.7. The highest BCUT2D eigenvalue weighted by Crippen LogP contribution is 2.54. The van der Waals surface area contributed by atoms with Crippen molar-refractivity contribution >= 4 is 22.6 Å². The number of carbonyl (C=O) groups excluding carboxylic acids is 1. The van der Waals surface area contributed by atoms with Crippen LogP contribution in [0.5, 0.6) is 5.75 Å². The Bertz CT molecular complexity index is 1610. The molecule has 0 atom stereocenters. The normalized spacial score (nSPS) is 18.6. The van der Waals surface area contributed by atoms with Crippen molar-refractivity contribution in [2.24, 2.45) is 11.0 Å². The Hall–Kier alpha value is -4.68. The standard InChI is InChI=1S/C31H27FN4O3/c1-20-16-31(17-20,23-6-4-3-5-7-23)28-15-26(11-12-27(28)30(18-34-36-33)39-21(2)37)38-19-25-10-8-22-14-24(32)9-13-29(22)35-25/h3-15,18,20H,16-17,19H2,1-2H3/b30-18-. The Balaban J connectivity index is 1.55. The van der Waals surface area contributed by atoms with Crippen LogP contribution in [0.4, 0.5) is 4.39 Å². The van der Waals surface area contributed by atoms with Crippen molar-refractivity contribution in [3.05, 3.63) is 124 Å². The second kappa shape index (κ2) is 11.0. The van der Waals surface area contributed by atoms with E-state index in [1.807, 2.05) is 42.5 Å². The number of benzene rings is 3. The molecule has 0 unspecified atom stereocenters. The lowest BCUT2D eigenvalue weighted by molar-refractivity contribution is -0.134. The highest BCUT2D eigenvalue weighted by Gasteiger charge is 2.46. The van der Waals surface area contributed by atoms with Crippen molar-refractivity contribution in [3.8, 4) is 5.75 Å². The van der Waals surface area contributed by atoms with Gasteiger partial charge in [-0.05, 0) is 77.9 Å². The molecule has 196 valence electrons. The van der Waals surface area contributed by atoms with Gasteiger partial charge in [-0.25, -0.2) is 9.37 Å².